The van der Waals surface area contributed by atoms with Gasteiger partial charge in [-0.1, -0.05) is 23.7 Å². The molecular weight excluding hydrogens is 412 g/mol. The molecule has 2 amide bonds. The molecule has 3 atom stereocenters. The lowest BCUT2D eigenvalue weighted by atomic mass is 9.78. The number of benzene rings is 1. The number of alkyl halides is 3. The minimum Gasteiger partial charge on any atom is -0.363 e. The van der Waals surface area contributed by atoms with Crippen LogP contribution in [-0.2, 0) is 0 Å². The third-order valence-corrected chi connectivity index (χ3v) is 5.38. The Morgan fingerprint density at radius 1 is 1.26 bits per heavy atom. The number of carbonyl (C=O) groups excluding carboxylic acids is 2. The number of aliphatic hydroxyl groups is 1. The van der Waals surface area contributed by atoms with Crippen LogP contribution in [0, 0.1) is 11.7 Å². The van der Waals surface area contributed by atoms with Crippen molar-refractivity contribution in [2.24, 2.45) is 5.92 Å². The van der Waals surface area contributed by atoms with E-state index in [4.69, 9.17) is 11.6 Å². The Kier molecular flexibility index (Phi) is 4.91. The van der Waals surface area contributed by atoms with Gasteiger partial charge in [-0.15, -0.1) is 11.3 Å². The first-order chi connectivity index (χ1) is 12.6. The van der Waals surface area contributed by atoms with Crippen molar-refractivity contribution in [2.75, 3.05) is 0 Å². The molecule has 3 N–H and O–H groups in total. The fourth-order valence-electron chi connectivity index (χ4n) is 2.96. The molecular formula is C16H11ClF4N2O3S. The standard InChI is InChI=1S/C16H11ClF4N2O3S/c17-7-3-1-4-8(18)10(7)12-11(13(24)9-5-2-6-27-9)15(26,16(19,20)21)23-14(25)22-12/h1-6,11-12,26H,(H2,22,23,25). The van der Waals surface area contributed by atoms with Gasteiger partial charge in [0.05, 0.1) is 10.9 Å². The van der Waals surface area contributed by atoms with Gasteiger partial charge in [0.15, 0.2) is 5.78 Å². The van der Waals surface area contributed by atoms with E-state index in [-0.39, 0.29) is 9.90 Å². The van der Waals surface area contributed by atoms with E-state index in [1.165, 1.54) is 35.0 Å². The summed E-state index contributed by atoms with van der Waals surface area (Å²) >= 11 is 6.78. The Hall–Kier alpha value is -2.17. The molecule has 5 nitrogen and oxygen atoms in total. The molecule has 3 rings (SSSR count). The van der Waals surface area contributed by atoms with Crippen LogP contribution in [0.2, 0.25) is 5.02 Å². The first kappa shape index (κ1) is 19.6. The predicted molar refractivity (Wildman–Crippen MR) is 89.0 cm³/mol. The van der Waals surface area contributed by atoms with Crippen molar-refractivity contribution in [2.45, 2.75) is 17.9 Å². The van der Waals surface area contributed by atoms with Crippen LogP contribution in [0.1, 0.15) is 21.3 Å². The van der Waals surface area contributed by atoms with Crippen molar-refractivity contribution < 1.29 is 32.3 Å². The molecule has 11 heteroatoms. The molecule has 144 valence electrons. The number of halogens is 5. The van der Waals surface area contributed by atoms with E-state index in [2.05, 4.69) is 5.32 Å². The number of hydrogen-bond acceptors (Lipinski definition) is 4. The summed E-state index contributed by atoms with van der Waals surface area (Å²) in [5, 5.41) is 15.0. The van der Waals surface area contributed by atoms with Gasteiger partial charge >= 0.3 is 12.2 Å². The minimum atomic E-state index is -5.42. The molecule has 2 heterocycles. The van der Waals surface area contributed by atoms with Crippen molar-refractivity contribution in [1.29, 1.82) is 0 Å². The van der Waals surface area contributed by atoms with Crippen LogP contribution in [0.3, 0.4) is 0 Å². The van der Waals surface area contributed by atoms with E-state index in [1.807, 2.05) is 0 Å². The summed E-state index contributed by atoms with van der Waals surface area (Å²) in [6, 6.07) is 2.77. The van der Waals surface area contributed by atoms with E-state index >= 15 is 0 Å². The zero-order chi connectivity index (χ0) is 20.0. The highest BCUT2D eigenvalue weighted by Gasteiger charge is 2.66. The number of amides is 2. The molecule has 1 aliphatic rings. The van der Waals surface area contributed by atoms with E-state index in [1.54, 1.807) is 0 Å². The molecule has 1 aliphatic heterocycles. The molecule has 0 aliphatic carbocycles. The van der Waals surface area contributed by atoms with Gasteiger partial charge in [-0.3, -0.25) is 4.79 Å². The van der Waals surface area contributed by atoms with Gasteiger partial charge in [0.2, 0.25) is 5.72 Å². The van der Waals surface area contributed by atoms with E-state index in [0.29, 0.717) is 0 Å². The maximum absolute atomic E-state index is 14.4. The Balaban J connectivity index is 2.23. The summed E-state index contributed by atoms with van der Waals surface area (Å²) in [5.41, 5.74) is -4.45. The van der Waals surface area contributed by atoms with Crippen LogP contribution in [-0.4, -0.2) is 28.8 Å². The first-order valence-electron chi connectivity index (χ1n) is 7.45. The second-order valence-corrected chi connectivity index (χ2v) is 7.15. The van der Waals surface area contributed by atoms with E-state index in [0.717, 1.165) is 17.4 Å². The second kappa shape index (κ2) is 6.77. The number of rotatable bonds is 3. The summed E-state index contributed by atoms with van der Waals surface area (Å²) in [5.74, 6) is -4.46. The van der Waals surface area contributed by atoms with Crippen LogP contribution in [0.25, 0.3) is 0 Å². The largest absolute Gasteiger partial charge is 0.437 e. The third kappa shape index (κ3) is 3.28. The Morgan fingerprint density at radius 2 is 1.96 bits per heavy atom. The average molecular weight is 423 g/mol. The van der Waals surface area contributed by atoms with Gasteiger partial charge < -0.3 is 15.7 Å². The zero-order valence-electron chi connectivity index (χ0n) is 13.2. The smallest absolute Gasteiger partial charge is 0.363 e. The molecule has 2 aromatic rings. The van der Waals surface area contributed by atoms with Gasteiger partial charge in [-0.25, -0.2) is 9.18 Å². The van der Waals surface area contributed by atoms with Crippen molar-refractivity contribution in [1.82, 2.24) is 10.6 Å². The molecule has 3 unspecified atom stereocenters. The summed E-state index contributed by atoms with van der Waals surface area (Å²) in [6.45, 7) is 0. The molecule has 0 spiro atoms. The lowest BCUT2D eigenvalue weighted by Gasteiger charge is -2.45. The van der Waals surface area contributed by atoms with Gasteiger partial charge in [-0.05, 0) is 23.6 Å². The number of Topliss-reactive ketones (excluding diaryl/α,β-unsaturated/α-hetero) is 1. The zero-order valence-corrected chi connectivity index (χ0v) is 14.8. The maximum atomic E-state index is 14.4. The molecule has 27 heavy (non-hydrogen) atoms. The highest BCUT2D eigenvalue weighted by atomic mass is 35.5. The highest BCUT2D eigenvalue weighted by Crippen LogP contribution is 2.45. The first-order valence-corrected chi connectivity index (χ1v) is 8.71. The fourth-order valence-corrected chi connectivity index (χ4v) is 3.94. The second-order valence-electron chi connectivity index (χ2n) is 5.79. The maximum Gasteiger partial charge on any atom is 0.437 e. The number of urea groups is 1. The lowest BCUT2D eigenvalue weighted by molar-refractivity contribution is -0.287. The summed E-state index contributed by atoms with van der Waals surface area (Å²) < 4.78 is 55.4. The van der Waals surface area contributed by atoms with Gasteiger partial charge in [0, 0.05) is 10.6 Å². The van der Waals surface area contributed by atoms with Gasteiger partial charge in [0.25, 0.3) is 0 Å². The van der Waals surface area contributed by atoms with Crippen LogP contribution >= 0.6 is 22.9 Å². The molecule has 1 aromatic carbocycles. The predicted octanol–water partition coefficient (Wildman–Crippen LogP) is 3.64. The SMILES string of the molecule is O=C1NC(c2c(F)cccc2Cl)C(C(=O)c2cccs2)C(O)(C(F)(F)F)N1. The number of thiophene rings is 1. The van der Waals surface area contributed by atoms with E-state index in [9.17, 15) is 32.3 Å². The number of carbonyl (C=O) groups is 2. The number of ketones is 1. The van der Waals surface area contributed by atoms with Crippen molar-refractivity contribution in [3.05, 3.63) is 57.0 Å². The van der Waals surface area contributed by atoms with E-state index < -0.39 is 47.1 Å². The normalized spacial score (nSPS) is 25.6. The topological polar surface area (TPSA) is 78.4 Å². The van der Waals surface area contributed by atoms with Crippen LogP contribution in [0.4, 0.5) is 22.4 Å². The monoisotopic (exact) mass is 422 g/mol. The summed E-state index contributed by atoms with van der Waals surface area (Å²) in [6.07, 6.45) is -5.42. The Labute approximate surface area is 158 Å². The fraction of sp³-hybridized carbons (Fsp3) is 0.250. The molecule has 1 aromatic heterocycles. The van der Waals surface area contributed by atoms with Crippen LogP contribution in [0.15, 0.2) is 35.7 Å². The Bertz CT molecular complexity index is 870. The molecule has 1 fully saturated rings. The summed E-state index contributed by atoms with van der Waals surface area (Å²) in [7, 11) is 0. The van der Waals surface area contributed by atoms with Crippen LogP contribution in [0.5, 0.6) is 0 Å². The van der Waals surface area contributed by atoms with Crippen molar-refractivity contribution in [3.63, 3.8) is 0 Å². The van der Waals surface area contributed by atoms with Crippen molar-refractivity contribution >= 4 is 34.8 Å². The van der Waals surface area contributed by atoms with Gasteiger partial charge in [-0.2, -0.15) is 13.2 Å². The van der Waals surface area contributed by atoms with Crippen LogP contribution < -0.4 is 10.6 Å². The van der Waals surface area contributed by atoms with Crippen molar-refractivity contribution in [3.8, 4) is 0 Å². The number of nitrogens with one attached hydrogen (secondary N) is 2. The lowest BCUT2D eigenvalue weighted by Crippen LogP contribution is -2.72. The number of hydrogen-bond donors (Lipinski definition) is 3. The molecule has 1 saturated heterocycles. The minimum absolute atomic E-state index is 0.0990. The third-order valence-electron chi connectivity index (χ3n) is 4.16. The highest BCUT2D eigenvalue weighted by molar-refractivity contribution is 7.12. The summed E-state index contributed by atoms with van der Waals surface area (Å²) in [4.78, 5) is 24.6. The molecule has 0 radical (unpaired) electrons. The Morgan fingerprint density at radius 3 is 2.52 bits per heavy atom. The average Bonchev–Trinajstić information content (AvgIpc) is 3.07. The molecule has 0 bridgehead atoms. The quantitative estimate of drug-likeness (QED) is 0.522. The van der Waals surface area contributed by atoms with Gasteiger partial charge in [0.1, 0.15) is 11.7 Å². The molecule has 0 saturated carbocycles.